The largest absolute Gasteiger partial charge is 0.329 e. The molecule has 0 bridgehead atoms. The molecule has 1 saturated heterocycles. The highest BCUT2D eigenvalue weighted by Gasteiger charge is 2.40. The zero-order valence-corrected chi connectivity index (χ0v) is 12.7. The van der Waals surface area contributed by atoms with Crippen molar-refractivity contribution in [3.8, 4) is 0 Å². The van der Waals surface area contributed by atoms with E-state index in [9.17, 15) is 8.42 Å². The molecule has 2 rings (SSSR count). The molecule has 2 N–H and O–H groups in total. The molecule has 0 aromatic carbocycles. The molecule has 1 aliphatic heterocycles. The fourth-order valence-electron chi connectivity index (χ4n) is 2.87. The molecule has 0 radical (unpaired) electrons. The van der Waals surface area contributed by atoms with Crippen LogP contribution < -0.4 is 5.73 Å². The summed E-state index contributed by atoms with van der Waals surface area (Å²) >= 11 is 0. The molecule has 1 aromatic rings. The minimum atomic E-state index is -3.50. The van der Waals surface area contributed by atoms with E-state index < -0.39 is 10.0 Å². The van der Waals surface area contributed by atoms with Gasteiger partial charge >= 0.3 is 0 Å². The number of nitrogens with zero attached hydrogens (tertiary/aromatic N) is 3. The molecule has 1 fully saturated rings. The second-order valence-corrected chi connectivity index (χ2v) is 7.14. The molecular formula is C12H22N4O2S. The summed E-state index contributed by atoms with van der Waals surface area (Å²) in [7, 11) is -1.75. The van der Waals surface area contributed by atoms with Crippen molar-refractivity contribution in [3.63, 3.8) is 0 Å². The molecule has 7 heteroatoms. The molecule has 1 aromatic heterocycles. The Morgan fingerprint density at radius 3 is 2.53 bits per heavy atom. The molecule has 0 amide bonds. The van der Waals surface area contributed by atoms with Gasteiger partial charge in [0.25, 0.3) is 0 Å². The van der Waals surface area contributed by atoms with Gasteiger partial charge in [0, 0.05) is 26.2 Å². The van der Waals surface area contributed by atoms with Gasteiger partial charge in [-0.05, 0) is 26.2 Å². The van der Waals surface area contributed by atoms with Crippen molar-refractivity contribution in [2.75, 3.05) is 13.1 Å². The van der Waals surface area contributed by atoms with E-state index in [1.165, 1.54) is 0 Å². The average Bonchev–Trinajstić information content (AvgIpc) is 2.81. The van der Waals surface area contributed by atoms with E-state index in [1.807, 2.05) is 0 Å². The Morgan fingerprint density at radius 1 is 1.42 bits per heavy atom. The van der Waals surface area contributed by atoms with Crippen molar-refractivity contribution in [1.29, 1.82) is 0 Å². The van der Waals surface area contributed by atoms with E-state index in [2.05, 4.69) is 12.0 Å². The van der Waals surface area contributed by atoms with Crippen molar-refractivity contribution < 1.29 is 8.42 Å². The predicted molar refractivity (Wildman–Crippen MR) is 73.2 cm³/mol. The summed E-state index contributed by atoms with van der Waals surface area (Å²) in [5, 5.41) is 4.20. The first-order valence-corrected chi connectivity index (χ1v) is 7.96. The maximum absolute atomic E-state index is 12.8. The van der Waals surface area contributed by atoms with Gasteiger partial charge in [0.15, 0.2) is 0 Å². The summed E-state index contributed by atoms with van der Waals surface area (Å²) in [6.07, 6.45) is 0.861. The maximum atomic E-state index is 12.8. The summed E-state index contributed by atoms with van der Waals surface area (Å²) in [4.78, 5) is 0.336. The first kappa shape index (κ1) is 14.5. The molecule has 1 aliphatic rings. The van der Waals surface area contributed by atoms with Gasteiger partial charge in [0.1, 0.15) is 4.90 Å². The van der Waals surface area contributed by atoms with Gasteiger partial charge in [-0.2, -0.15) is 9.40 Å². The Kier molecular flexibility index (Phi) is 3.72. The van der Waals surface area contributed by atoms with Crippen molar-refractivity contribution >= 4 is 10.0 Å². The van der Waals surface area contributed by atoms with E-state index in [-0.39, 0.29) is 6.04 Å². The highest BCUT2D eigenvalue weighted by molar-refractivity contribution is 7.89. The van der Waals surface area contributed by atoms with Gasteiger partial charge in [-0.3, -0.25) is 4.68 Å². The van der Waals surface area contributed by atoms with Crippen LogP contribution in [0.15, 0.2) is 4.90 Å². The van der Waals surface area contributed by atoms with Crippen LogP contribution in [0.2, 0.25) is 0 Å². The van der Waals surface area contributed by atoms with Gasteiger partial charge in [0.05, 0.1) is 11.4 Å². The quantitative estimate of drug-likeness (QED) is 0.872. The maximum Gasteiger partial charge on any atom is 0.247 e. The molecule has 2 unspecified atom stereocenters. The molecule has 108 valence electrons. The third-order valence-electron chi connectivity index (χ3n) is 4.08. The Labute approximate surface area is 114 Å². The van der Waals surface area contributed by atoms with Crippen LogP contribution in [-0.4, -0.2) is 41.6 Å². The lowest BCUT2D eigenvalue weighted by molar-refractivity contribution is 0.354. The summed E-state index contributed by atoms with van der Waals surface area (Å²) in [6, 6.07) is -0.107. The van der Waals surface area contributed by atoms with Gasteiger partial charge in [-0.15, -0.1) is 0 Å². The third-order valence-corrected chi connectivity index (χ3v) is 6.26. The SMILES string of the molecule is Cc1nn(C)c(C)c1S(=O)(=O)N1CCC(C)C1CN. The zero-order valence-electron chi connectivity index (χ0n) is 11.9. The highest BCUT2D eigenvalue weighted by Crippen LogP contribution is 2.31. The standard InChI is InChI=1S/C12H22N4O2S/c1-8-5-6-16(11(8)7-13)19(17,18)12-9(2)14-15(4)10(12)3/h8,11H,5-7,13H2,1-4H3. The second kappa shape index (κ2) is 4.88. The van der Waals surface area contributed by atoms with Crippen LogP contribution in [0.5, 0.6) is 0 Å². The zero-order chi connectivity index (χ0) is 14.4. The highest BCUT2D eigenvalue weighted by atomic mass is 32.2. The monoisotopic (exact) mass is 286 g/mol. The lowest BCUT2D eigenvalue weighted by Gasteiger charge is -2.25. The number of nitrogens with two attached hydrogens (primary N) is 1. The van der Waals surface area contributed by atoms with Gasteiger partial charge in [0.2, 0.25) is 10.0 Å². The fraction of sp³-hybridized carbons (Fsp3) is 0.750. The van der Waals surface area contributed by atoms with Crippen LogP contribution in [0.25, 0.3) is 0 Å². The van der Waals surface area contributed by atoms with Crippen LogP contribution in [-0.2, 0) is 17.1 Å². The van der Waals surface area contributed by atoms with Crippen LogP contribution in [0.3, 0.4) is 0 Å². The molecular weight excluding hydrogens is 264 g/mol. The van der Waals surface area contributed by atoms with Gasteiger partial charge < -0.3 is 5.73 Å². The molecule has 19 heavy (non-hydrogen) atoms. The molecule has 0 spiro atoms. The third kappa shape index (κ3) is 2.19. The van der Waals surface area contributed by atoms with E-state index in [0.717, 1.165) is 6.42 Å². The molecule has 6 nitrogen and oxygen atoms in total. The summed E-state index contributed by atoms with van der Waals surface area (Å²) in [5.74, 6) is 0.303. The average molecular weight is 286 g/mol. The van der Waals surface area contributed by atoms with Crippen LogP contribution in [0, 0.1) is 19.8 Å². The Bertz CT molecular complexity index is 579. The van der Waals surface area contributed by atoms with Gasteiger partial charge in [-0.1, -0.05) is 6.92 Å². The predicted octanol–water partition coefficient (Wildman–Crippen LogP) is 0.395. The summed E-state index contributed by atoms with van der Waals surface area (Å²) < 4.78 is 28.8. The van der Waals surface area contributed by atoms with E-state index in [1.54, 1.807) is 29.9 Å². The number of aryl methyl sites for hydroxylation is 2. The summed E-state index contributed by atoms with van der Waals surface area (Å²) in [5.41, 5.74) is 6.97. The number of sulfonamides is 1. The van der Waals surface area contributed by atoms with E-state index in [4.69, 9.17) is 5.73 Å². The van der Waals surface area contributed by atoms with Gasteiger partial charge in [-0.25, -0.2) is 8.42 Å². The second-order valence-electron chi connectivity index (χ2n) is 5.31. The minimum absolute atomic E-state index is 0.107. The smallest absolute Gasteiger partial charge is 0.247 e. The summed E-state index contributed by atoms with van der Waals surface area (Å²) in [6.45, 7) is 6.47. The van der Waals surface area contributed by atoms with E-state index in [0.29, 0.717) is 35.3 Å². The van der Waals surface area contributed by atoms with Crippen LogP contribution >= 0.6 is 0 Å². The topological polar surface area (TPSA) is 81.2 Å². The fourth-order valence-corrected chi connectivity index (χ4v) is 5.02. The molecule has 0 saturated carbocycles. The Balaban J connectivity index is 2.49. The minimum Gasteiger partial charge on any atom is -0.329 e. The number of hydrogen-bond acceptors (Lipinski definition) is 4. The first-order chi connectivity index (χ1) is 8.80. The lowest BCUT2D eigenvalue weighted by atomic mass is 10.0. The van der Waals surface area contributed by atoms with Crippen molar-refractivity contribution in [2.24, 2.45) is 18.7 Å². The number of rotatable bonds is 3. The molecule has 2 atom stereocenters. The van der Waals surface area contributed by atoms with Crippen LogP contribution in [0.1, 0.15) is 24.7 Å². The Hall–Kier alpha value is -0.920. The number of aromatic nitrogens is 2. The van der Waals surface area contributed by atoms with Crippen molar-refractivity contribution in [2.45, 2.75) is 38.1 Å². The van der Waals surface area contributed by atoms with Crippen molar-refractivity contribution in [3.05, 3.63) is 11.4 Å². The molecule has 0 aliphatic carbocycles. The van der Waals surface area contributed by atoms with Crippen LogP contribution in [0.4, 0.5) is 0 Å². The normalized spacial score (nSPS) is 25.1. The lowest BCUT2D eigenvalue weighted by Crippen LogP contribution is -2.42. The molecule has 2 heterocycles. The Morgan fingerprint density at radius 2 is 2.05 bits per heavy atom. The number of hydrogen-bond donors (Lipinski definition) is 1. The first-order valence-electron chi connectivity index (χ1n) is 6.52. The van der Waals surface area contributed by atoms with Crippen molar-refractivity contribution in [1.82, 2.24) is 14.1 Å². The van der Waals surface area contributed by atoms with E-state index >= 15 is 0 Å².